The maximum Gasteiger partial charge on any atom is 0.154 e. The number of aryl methyl sites for hydroxylation is 1. The van der Waals surface area contributed by atoms with Crippen LogP contribution in [0.5, 0.6) is 0 Å². The molecule has 0 bridgehead atoms. The highest BCUT2D eigenvalue weighted by Gasteiger charge is 2.27. The molecule has 0 aliphatic carbocycles. The van der Waals surface area contributed by atoms with Gasteiger partial charge in [0.05, 0.1) is 11.4 Å². The van der Waals surface area contributed by atoms with Crippen LogP contribution in [0.3, 0.4) is 0 Å². The van der Waals surface area contributed by atoms with Crippen LogP contribution < -0.4 is 10.2 Å². The van der Waals surface area contributed by atoms with Gasteiger partial charge in [0.15, 0.2) is 5.82 Å². The van der Waals surface area contributed by atoms with Crippen LogP contribution in [0.4, 0.5) is 17.2 Å². The molecule has 3 aromatic rings. The molecule has 0 amide bonds. The quantitative estimate of drug-likeness (QED) is 0.460. The Hall–Kier alpha value is -3.47. The molecule has 0 radical (unpaired) electrons. The highest BCUT2D eigenvalue weighted by atomic mass is 15.2. The van der Waals surface area contributed by atoms with E-state index in [-0.39, 0.29) is 11.7 Å². The van der Waals surface area contributed by atoms with E-state index >= 15 is 0 Å². The minimum atomic E-state index is 0.248. The molecule has 4 rings (SSSR count). The van der Waals surface area contributed by atoms with Crippen molar-refractivity contribution in [2.45, 2.75) is 6.92 Å². The highest BCUT2D eigenvalue weighted by molar-refractivity contribution is 6.30. The number of anilines is 3. The molecule has 0 saturated carbocycles. The Bertz CT molecular complexity index is 975. The Morgan fingerprint density at radius 2 is 1.76 bits per heavy atom. The first-order valence-electron chi connectivity index (χ1n) is 8.01. The summed E-state index contributed by atoms with van der Waals surface area (Å²) in [7, 11) is 0. The van der Waals surface area contributed by atoms with Gasteiger partial charge in [0.1, 0.15) is 11.7 Å². The van der Waals surface area contributed by atoms with Crippen molar-refractivity contribution in [3.8, 4) is 0 Å². The number of para-hydroxylation sites is 1. The van der Waals surface area contributed by atoms with Crippen molar-refractivity contribution in [3.05, 3.63) is 83.6 Å². The number of hydrogen-bond acceptors (Lipinski definition) is 4. The van der Waals surface area contributed by atoms with Crippen LogP contribution in [-0.4, -0.2) is 16.7 Å². The topological polar surface area (TPSA) is 75.9 Å². The number of pyridine rings is 1. The maximum atomic E-state index is 8.74. The molecular formula is C20H17N5. The lowest BCUT2D eigenvalue weighted by Crippen LogP contribution is -2.36. The third-order valence-corrected chi connectivity index (χ3v) is 4.23. The zero-order chi connectivity index (χ0) is 17.4. The van der Waals surface area contributed by atoms with Gasteiger partial charge in [0.2, 0.25) is 0 Å². The van der Waals surface area contributed by atoms with Crippen molar-refractivity contribution in [2.24, 2.45) is 0 Å². The first-order chi connectivity index (χ1) is 12.1. The molecular weight excluding hydrogens is 310 g/mol. The van der Waals surface area contributed by atoms with E-state index in [0.717, 1.165) is 22.4 Å². The standard InChI is InChI=1S/C20H17N5/c1-13-8-10-14(11-9-13)18(21)25-17-7-4-12-23-20(17)24-16-6-3-2-5-15(16)19(25)22/h2-12,21-22H,1H3,(H,23,24). The molecule has 1 aliphatic heterocycles. The Labute approximate surface area is 146 Å². The largest absolute Gasteiger partial charge is 0.338 e. The van der Waals surface area contributed by atoms with E-state index in [0.29, 0.717) is 11.5 Å². The zero-order valence-corrected chi connectivity index (χ0v) is 13.7. The van der Waals surface area contributed by atoms with Crippen molar-refractivity contribution < 1.29 is 0 Å². The van der Waals surface area contributed by atoms with Crippen molar-refractivity contribution in [3.63, 3.8) is 0 Å². The van der Waals surface area contributed by atoms with Gasteiger partial charge in [-0.3, -0.25) is 15.7 Å². The second-order valence-corrected chi connectivity index (χ2v) is 5.94. The summed E-state index contributed by atoms with van der Waals surface area (Å²) in [5.74, 6) is 1.13. The van der Waals surface area contributed by atoms with Crippen molar-refractivity contribution in [1.82, 2.24) is 4.98 Å². The van der Waals surface area contributed by atoms with Gasteiger partial charge in [0.25, 0.3) is 0 Å². The summed E-state index contributed by atoms with van der Waals surface area (Å²) >= 11 is 0. The summed E-state index contributed by atoms with van der Waals surface area (Å²) in [6.07, 6.45) is 1.71. The summed E-state index contributed by atoms with van der Waals surface area (Å²) in [5.41, 5.74) is 4.12. The molecule has 5 nitrogen and oxygen atoms in total. The van der Waals surface area contributed by atoms with Crippen molar-refractivity contribution >= 4 is 28.9 Å². The second-order valence-electron chi connectivity index (χ2n) is 5.94. The molecule has 25 heavy (non-hydrogen) atoms. The van der Waals surface area contributed by atoms with Crippen LogP contribution in [0, 0.1) is 17.7 Å². The molecule has 0 saturated heterocycles. The number of nitrogens with one attached hydrogen (secondary N) is 3. The Balaban J connectivity index is 1.89. The van der Waals surface area contributed by atoms with Crippen LogP contribution in [0.25, 0.3) is 0 Å². The Morgan fingerprint density at radius 1 is 1.00 bits per heavy atom. The molecule has 1 aromatic heterocycles. The van der Waals surface area contributed by atoms with Gasteiger partial charge in [-0.05, 0) is 31.2 Å². The molecule has 3 N–H and O–H groups in total. The van der Waals surface area contributed by atoms with Crippen molar-refractivity contribution in [1.29, 1.82) is 10.8 Å². The fourth-order valence-electron chi connectivity index (χ4n) is 2.91. The van der Waals surface area contributed by atoms with Gasteiger partial charge < -0.3 is 5.32 Å². The van der Waals surface area contributed by atoms with Crippen LogP contribution in [0.2, 0.25) is 0 Å². The normalized spacial score (nSPS) is 12.7. The number of amidine groups is 2. The summed E-state index contributed by atoms with van der Waals surface area (Å²) in [5, 5.41) is 20.8. The first kappa shape index (κ1) is 15.1. The van der Waals surface area contributed by atoms with Gasteiger partial charge >= 0.3 is 0 Å². The molecule has 5 heteroatoms. The third kappa shape index (κ3) is 2.55. The van der Waals surface area contributed by atoms with Gasteiger partial charge in [0, 0.05) is 17.3 Å². The second kappa shape index (κ2) is 5.87. The Morgan fingerprint density at radius 3 is 2.56 bits per heavy atom. The van der Waals surface area contributed by atoms with Crippen molar-refractivity contribution in [2.75, 3.05) is 10.2 Å². The van der Waals surface area contributed by atoms with E-state index in [2.05, 4.69) is 10.3 Å². The molecule has 122 valence electrons. The van der Waals surface area contributed by atoms with E-state index in [1.807, 2.05) is 67.6 Å². The van der Waals surface area contributed by atoms with Gasteiger partial charge in [-0.1, -0.05) is 42.0 Å². The van der Waals surface area contributed by atoms with E-state index in [1.54, 1.807) is 11.1 Å². The lowest BCUT2D eigenvalue weighted by Gasteiger charge is -2.25. The predicted molar refractivity (Wildman–Crippen MR) is 101 cm³/mol. The summed E-state index contributed by atoms with van der Waals surface area (Å²) in [6, 6.07) is 19.1. The molecule has 0 spiro atoms. The molecule has 0 fully saturated rings. The number of fused-ring (bicyclic) bond motifs is 2. The Kier molecular flexibility index (Phi) is 3.54. The maximum absolute atomic E-state index is 8.74. The van der Waals surface area contributed by atoms with Gasteiger partial charge in [-0.2, -0.15) is 0 Å². The van der Waals surface area contributed by atoms with Gasteiger partial charge in [-0.25, -0.2) is 4.98 Å². The zero-order valence-electron chi connectivity index (χ0n) is 13.7. The fraction of sp³-hybridized carbons (Fsp3) is 0.0500. The molecule has 1 aliphatic rings. The predicted octanol–water partition coefficient (Wildman–Crippen LogP) is 4.30. The SMILES string of the molecule is Cc1ccc(C(=N)N2C(=N)c3ccccc3Nc3ncccc32)cc1. The lowest BCUT2D eigenvalue weighted by molar-refractivity contribution is 1.25. The monoisotopic (exact) mass is 327 g/mol. The number of aromatic nitrogens is 1. The first-order valence-corrected chi connectivity index (χ1v) is 8.01. The highest BCUT2D eigenvalue weighted by Crippen LogP contribution is 2.34. The average Bonchev–Trinajstić information content (AvgIpc) is 2.76. The fourth-order valence-corrected chi connectivity index (χ4v) is 2.91. The van der Waals surface area contributed by atoms with E-state index in [1.165, 1.54) is 0 Å². The van der Waals surface area contributed by atoms with Crippen LogP contribution >= 0.6 is 0 Å². The summed E-state index contributed by atoms with van der Waals surface area (Å²) in [4.78, 5) is 6.04. The molecule has 0 unspecified atom stereocenters. The molecule has 2 heterocycles. The van der Waals surface area contributed by atoms with Crippen LogP contribution in [0.15, 0.2) is 66.9 Å². The van der Waals surface area contributed by atoms with E-state index in [4.69, 9.17) is 10.8 Å². The average molecular weight is 327 g/mol. The number of benzene rings is 2. The summed E-state index contributed by atoms with van der Waals surface area (Å²) in [6.45, 7) is 2.01. The van der Waals surface area contributed by atoms with E-state index in [9.17, 15) is 0 Å². The lowest BCUT2D eigenvalue weighted by atomic mass is 10.1. The molecule has 2 aromatic carbocycles. The number of rotatable bonds is 1. The van der Waals surface area contributed by atoms with Gasteiger partial charge in [-0.15, -0.1) is 0 Å². The number of hydrogen-bond donors (Lipinski definition) is 3. The number of nitrogens with zero attached hydrogens (tertiary/aromatic N) is 2. The third-order valence-electron chi connectivity index (χ3n) is 4.23. The summed E-state index contributed by atoms with van der Waals surface area (Å²) < 4.78 is 0. The van der Waals surface area contributed by atoms with E-state index < -0.39 is 0 Å². The smallest absolute Gasteiger partial charge is 0.154 e. The van der Waals surface area contributed by atoms with Crippen LogP contribution in [-0.2, 0) is 0 Å². The van der Waals surface area contributed by atoms with Crippen LogP contribution in [0.1, 0.15) is 16.7 Å². The minimum absolute atomic E-state index is 0.248. The minimum Gasteiger partial charge on any atom is -0.338 e. The molecule has 0 atom stereocenters.